The van der Waals surface area contributed by atoms with Crippen molar-refractivity contribution in [2.75, 3.05) is 0 Å². The molecule has 12 heavy (non-hydrogen) atoms. The fraction of sp³-hybridized carbons (Fsp3) is 0.750. The van der Waals surface area contributed by atoms with Gasteiger partial charge in [0.1, 0.15) is 6.10 Å². The van der Waals surface area contributed by atoms with Crippen LogP contribution in [0.2, 0.25) is 0 Å². The van der Waals surface area contributed by atoms with Crippen molar-refractivity contribution >= 4 is 11.8 Å². The topological polar surface area (TPSA) is 74.6 Å². The van der Waals surface area contributed by atoms with Crippen LogP contribution in [0.4, 0.5) is 0 Å². The zero-order valence-corrected chi connectivity index (χ0v) is 7.44. The van der Waals surface area contributed by atoms with E-state index in [-0.39, 0.29) is 5.92 Å². The van der Waals surface area contributed by atoms with Gasteiger partial charge in [-0.2, -0.15) is 0 Å². The highest BCUT2D eigenvalue weighted by atomic mass is 16.4. The maximum atomic E-state index is 10.7. The van der Waals surface area contributed by atoms with Gasteiger partial charge in [0.2, 0.25) is 0 Å². The smallest absolute Gasteiger partial charge is 0.309 e. The molecule has 0 aromatic rings. The van der Waals surface area contributed by atoms with E-state index in [2.05, 4.69) is 0 Å². The van der Waals surface area contributed by atoms with Crippen molar-refractivity contribution in [2.24, 2.45) is 11.8 Å². The number of rotatable bonds is 4. The molecule has 2 unspecified atom stereocenters. The van der Waals surface area contributed by atoms with Crippen molar-refractivity contribution in [2.45, 2.75) is 26.9 Å². The first-order valence-electron chi connectivity index (χ1n) is 3.79. The average molecular weight is 174 g/mol. The summed E-state index contributed by atoms with van der Waals surface area (Å²) in [7, 11) is 0. The molecule has 0 saturated carbocycles. The lowest BCUT2D eigenvalue weighted by Crippen LogP contribution is -2.36. The van der Waals surface area contributed by atoms with E-state index in [1.54, 1.807) is 13.8 Å². The standard InChI is InChI=1S/C8H14O4/c1-4(2)6(8(11)12)7(10)5(3)9/h4,6-7,10H,1-3H3,(H,11,12). The zero-order valence-electron chi connectivity index (χ0n) is 7.44. The van der Waals surface area contributed by atoms with Crippen LogP contribution in [0, 0.1) is 11.8 Å². The van der Waals surface area contributed by atoms with Crippen LogP contribution in [0.3, 0.4) is 0 Å². The number of aliphatic hydroxyl groups excluding tert-OH is 1. The van der Waals surface area contributed by atoms with E-state index < -0.39 is 23.8 Å². The first kappa shape index (κ1) is 11.1. The van der Waals surface area contributed by atoms with Gasteiger partial charge in [-0.05, 0) is 12.8 Å². The van der Waals surface area contributed by atoms with Crippen molar-refractivity contribution in [1.82, 2.24) is 0 Å². The molecule has 0 heterocycles. The van der Waals surface area contributed by atoms with Crippen molar-refractivity contribution in [3.8, 4) is 0 Å². The molecule has 0 aromatic carbocycles. The molecule has 0 amide bonds. The average Bonchev–Trinajstić information content (AvgIpc) is 1.85. The van der Waals surface area contributed by atoms with Gasteiger partial charge in [0.25, 0.3) is 0 Å². The largest absolute Gasteiger partial charge is 0.481 e. The van der Waals surface area contributed by atoms with E-state index >= 15 is 0 Å². The van der Waals surface area contributed by atoms with Crippen molar-refractivity contribution in [3.63, 3.8) is 0 Å². The summed E-state index contributed by atoms with van der Waals surface area (Å²) in [5.41, 5.74) is 0. The second-order valence-electron chi connectivity index (χ2n) is 3.16. The van der Waals surface area contributed by atoms with Gasteiger partial charge in [-0.25, -0.2) is 0 Å². The van der Waals surface area contributed by atoms with Gasteiger partial charge >= 0.3 is 5.97 Å². The Morgan fingerprint density at radius 2 is 1.67 bits per heavy atom. The molecule has 0 bridgehead atoms. The number of carbonyl (C=O) groups excluding carboxylic acids is 1. The molecule has 0 aromatic heterocycles. The molecular formula is C8H14O4. The Hall–Kier alpha value is -0.900. The molecule has 0 radical (unpaired) electrons. The van der Waals surface area contributed by atoms with Crippen molar-refractivity contribution in [3.05, 3.63) is 0 Å². The number of hydrogen-bond acceptors (Lipinski definition) is 3. The lowest BCUT2D eigenvalue weighted by Gasteiger charge is -2.19. The van der Waals surface area contributed by atoms with Crippen LogP contribution < -0.4 is 0 Å². The minimum atomic E-state index is -1.39. The van der Waals surface area contributed by atoms with E-state index in [0.29, 0.717) is 0 Å². The number of Topliss-reactive ketones (excluding diaryl/α,β-unsaturated/α-hetero) is 1. The fourth-order valence-electron chi connectivity index (χ4n) is 1.04. The molecule has 2 N–H and O–H groups in total. The lowest BCUT2D eigenvalue weighted by molar-refractivity contribution is -0.152. The van der Waals surface area contributed by atoms with Crippen LogP contribution in [0.25, 0.3) is 0 Å². The summed E-state index contributed by atoms with van der Waals surface area (Å²) in [5.74, 6) is -2.88. The zero-order chi connectivity index (χ0) is 9.89. The summed E-state index contributed by atoms with van der Waals surface area (Å²) in [6.07, 6.45) is -1.39. The summed E-state index contributed by atoms with van der Waals surface area (Å²) >= 11 is 0. The highest BCUT2D eigenvalue weighted by Gasteiger charge is 2.32. The second kappa shape index (κ2) is 4.21. The van der Waals surface area contributed by atoms with Crippen molar-refractivity contribution < 1.29 is 19.8 Å². The van der Waals surface area contributed by atoms with Gasteiger partial charge in [-0.1, -0.05) is 13.8 Å². The molecule has 4 nitrogen and oxygen atoms in total. The van der Waals surface area contributed by atoms with Gasteiger partial charge in [-0.15, -0.1) is 0 Å². The molecule has 0 aliphatic rings. The van der Waals surface area contributed by atoms with Crippen LogP contribution in [0.5, 0.6) is 0 Å². The SMILES string of the molecule is CC(=O)C(O)C(C(=O)O)C(C)C. The summed E-state index contributed by atoms with van der Waals surface area (Å²) in [6, 6.07) is 0. The number of hydrogen-bond donors (Lipinski definition) is 2. The Labute approximate surface area is 71.2 Å². The highest BCUT2D eigenvalue weighted by molar-refractivity contribution is 5.86. The maximum Gasteiger partial charge on any atom is 0.309 e. The number of carbonyl (C=O) groups is 2. The monoisotopic (exact) mass is 174 g/mol. The quantitative estimate of drug-likeness (QED) is 0.642. The molecule has 0 saturated heterocycles. The molecular weight excluding hydrogens is 160 g/mol. The Morgan fingerprint density at radius 1 is 1.25 bits per heavy atom. The van der Waals surface area contributed by atoms with Crippen LogP contribution in [-0.2, 0) is 9.59 Å². The van der Waals surface area contributed by atoms with Gasteiger partial charge in [0.15, 0.2) is 5.78 Å². The third-order valence-corrected chi connectivity index (χ3v) is 1.76. The van der Waals surface area contributed by atoms with E-state index in [1.165, 1.54) is 6.92 Å². The normalized spacial score (nSPS) is 15.8. The number of carboxylic acids is 1. The molecule has 2 atom stereocenters. The van der Waals surface area contributed by atoms with Gasteiger partial charge in [-0.3, -0.25) is 9.59 Å². The minimum Gasteiger partial charge on any atom is -0.481 e. The molecule has 70 valence electrons. The Bertz CT molecular complexity index is 185. The van der Waals surface area contributed by atoms with Gasteiger partial charge in [0.05, 0.1) is 5.92 Å². The number of carboxylic acid groups (broad SMARTS) is 1. The third kappa shape index (κ3) is 2.62. The van der Waals surface area contributed by atoms with Crippen LogP contribution in [-0.4, -0.2) is 28.1 Å². The second-order valence-corrected chi connectivity index (χ2v) is 3.16. The highest BCUT2D eigenvalue weighted by Crippen LogP contribution is 2.16. The Morgan fingerprint density at radius 3 is 1.75 bits per heavy atom. The van der Waals surface area contributed by atoms with E-state index in [4.69, 9.17) is 5.11 Å². The first-order valence-corrected chi connectivity index (χ1v) is 3.79. The van der Waals surface area contributed by atoms with Crippen LogP contribution in [0.15, 0.2) is 0 Å². The molecule has 0 aliphatic carbocycles. The Kier molecular flexibility index (Phi) is 3.89. The molecule has 4 heteroatoms. The molecule has 0 spiro atoms. The molecule has 0 fully saturated rings. The van der Waals surface area contributed by atoms with Gasteiger partial charge in [0, 0.05) is 0 Å². The summed E-state index contributed by atoms with van der Waals surface area (Å²) in [4.78, 5) is 21.3. The summed E-state index contributed by atoms with van der Waals surface area (Å²) < 4.78 is 0. The number of aliphatic hydroxyl groups is 1. The van der Waals surface area contributed by atoms with E-state index in [0.717, 1.165) is 0 Å². The van der Waals surface area contributed by atoms with E-state index in [1.807, 2.05) is 0 Å². The van der Waals surface area contributed by atoms with E-state index in [9.17, 15) is 14.7 Å². The number of aliphatic carboxylic acids is 1. The fourth-order valence-corrected chi connectivity index (χ4v) is 1.04. The van der Waals surface area contributed by atoms with Crippen LogP contribution in [0.1, 0.15) is 20.8 Å². The minimum absolute atomic E-state index is 0.249. The lowest BCUT2D eigenvalue weighted by atomic mass is 9.89. The number of ketones is 1. The van der Waals surface area contributed by atoms with Crippen LogP contribution >= 0.6 is 0 Å². The predicted octanol–water partition coefficient (Wildman–Crippen LogP) is 0.293. The van der Waals surface area contributed by atoms with Crippen molar-refractivity contribution in [1.29, 1.82) is 0 Å². The molecule has 0 aliphatic heterocycles. The summed E-state index contributed by atoms with van der Waals surface area (Å²) in [5, 5.41) is 17.8. The first-order chi connectivity index (χ1) is 5.37. The van der Waals surface area contributed by atoms with Gasteiger partial charge < -0.3 is 10.2 Å². The maximum absolute atomic E-state index is 10.7. The third-order valence-electron chi connectivity index (χ3n) is 1.76. The Balaban J connectivity index is 4.51. The predicted molar refractivity (Wildman–Crippen MR) is 42.7 cm³/mol. The molecule has 0 rings (SSSR count). The summed E-state index contributed by atoms with van der Waals surface area (Å²) in [6.45, 7) is 4.50.